The normalized spacial score (nSPS) is 12.4. The summed E-state index contributed by atoms with van der Waals surface area (Å²) in [7, 11) is 1.60. The van der Waals surface area contributed by atoms with E-state index >= 15 is 0 Å². The lowest BCUT2D eigenvalue weighted by molar-refractivity contribution is 0.0930. The van der Waals surface area contributed by atoms with E-state index in [1.54, 1.807) is 7.11 Å². The van der Waals surface area contributed by atoms with Gasteiger partial charge in [0.1, 0.15) is 5.75 Å². The molecule has 0 fully saturated rings. The predicted molar refractivity (Wildman–Crippen MR) is 69.8 cm³/mol. The summed E-state index contributed by atoms with van der Waals surface area (Å²) in [6.07, 6.45) is 0. The molecule has 1 unspecified atom stereocenters. The molecule has 0 aliphatic rings. The second kappa shape index (κ2) is 5.32. The third kappa shape index (κ3) is 2.50. The number of benzene rings is 1. The molecule has 3 nitrogen and oxygen atoms in total. The highest BCUT2D eigenvalue weighted by Gasteiger charge is 2.22. The summed E-state index contributed by atoms with van der Waals surface area (Å²) in [6.45, 7) is 8.12. The van der Waals surface area contributed by atoms with Crippen molar-refractivity contribution in [2.24, 2.45) is 11.7 Å². The van der Waals surface area contributed by atoms with Gasteiger partial charge in [0.2, 0.25) is 0 Å². The topological polar surface area (TPSA) is 52.3 Å². The third-order valence-corrected chi connectivity index (χ3v) is 3.24. The molecule has 0 radical (unpaired) electrons. The van der Waals surface area contributed by atoms with Gasteiger partial charge in [-0.15, -0.1) is 0 Å². The van der Waals surface area contributed by atoms with Crippen LogP contribution >= 0.6 is 0 Å². The molecule has 1 aromatic rings. The standard InChI is InChI=1S/C14H21NO2/c1-8-6-9(2)12(13(16)10(3)7-15)14(17-5)11(8)4/h6,10H,7,15H2,1-5H3. The molecule has 1 atom stereocenters. The zero-order valence-electron chi connectivity index (χ0n) is 11.3. The molecule has 0 spiro atoms. The van der Waals surface area contributed by atoms with Crippen molar-refractivity contribution in [2.75, 3.05) is 13.7 Å². The van der Waals surface area contributed by atoms with Gasteiger partial charge in [0.15, 0.2) is 5.78 Å². The van der Waals surface area contributed by atoms with E-state index in [-0.39, 0.29) is 11.7 Å². The SMILES string of the molecule is COc1c(C)c(C)cc(C)c1C(=O)C(C)CN. The Bertz CT molecular complexity index is 438. The molecule has 94 valence electrons. The van der Waals surface area contributed by atoms with Gasteiger partial charge in [-0.3, -0.25) is 4.79 Å². The van der Waals surface area contributed by atoms with Crippen LogP contribution in [0.15, 0.2) is 6.07 Å². The molecular weight excluding hydrogens is 214 g/mol. The Morgan fingerprint density at radius 1 is 1.35 bits per heavy atom. The lowest BCUT2D eigenvalue weighted by atomic mass is 9.91. The number of rotatable bonds is 4. The van der Waals surface area contributed by atoms with Crippen molar-refractivity contribution in [2.45, 2.75) is 27.7 Å². The maximum atomic E-state index is 12.3. The van der Waals surface area contributed by atoms with Crippen molar-refractivity contribution in [3.05, 3.63) is 28.3 Å². The second-order valence-corrected chi connectivity index (χ2v) is 4.54. The Hall–Kier alpha value is -1.35. The highest BCUT2D eigenvalue weighted by Crippen LogP contribution is 2.31. The zero-order chi connectivity index (χ0) is 13.2. The monoisotopic (exact) mass is 235 g/mol. The van der Waals surface area contributed by atoms with Gasteiger partial charge in [0.05, 0.1) is 12.7 Å². The number of Topliss-reactive ketones (excluding diaryl/α,β-unsaturated/α-hetero) is 1. The number of carbonyl (C=O) groups is 1. The summed E-state index contributed by atoms with van der Waals surface area (Å²) in [5.74, 6) is 0.572. The van der Waals surface area contributed by atoms with E-state index in [2.05, 4.69) is 0 Å². The fourth-order valence-corrected chi connectivity index (χ4v) is 1.97. The molecule has 0 aliphatic heterocycles. The number of carbonyl (C=O) groups excluding carboxylic acids is 1. The molecule has 0 aliphatic carbocycles. The highest BCUT2D eigenvalue weighted by atomic mass is 16.5. The smallest absolute Gasteiger partial charge is 0.170 e. The number of hydrogen-bond acceptors (Lipinski definition) is 3. The molecular formula is C14H21NO2. The van der Waals surface area contributed by atoms with Crippen molar-refractivity contribution in [3.63, 3.8) is 0 Å². The van der Waals surface area contributed by atoms with Crippen LogP contribution in [0.5, 0.6) is 5.75 Å². The number of ether oxygens (including phenoxy) is 1. The minimum absolute atomic E-state index is 0.0601. The van der Waals surface area contributed by atoms with Gasteiger partial charge in [-0.2, -0.15) is 0 Å². The van der Waals surface area contributed by atoms with Crippen LogP contribution in [0.1, 0.15) is 34.0 Å². The number of hydrogen-bond donors (Lipinski definition) is 1. The van der Waals surface area contributed by atoms with Crippen LogP contribution in [-0.2, 0) is 0 Å². The van der Waals surface area contributed by atoms with Gasteiger partial charge in [-0.05, 0) is 37.5 Å². The molecule has 0 bridgehead atoms. The molecule has 17 heavy (non-hydrogen) atoms. The fourth-order valence-electron chi connectivity index (χ4n) is 1.97. The maximum Gasteiger partial charge on any atom is 0.170 e. The average Bonchev–Trinajstić information content (AvgIpc) is 2.31. The Balaban J connectivity index is 3.42. The summed E-state index contributed by atoms with van der Waals surface area (Å²) < 4.78 is 5.39. The lowest BCUT2D eigenvalue weighted by Crippen LogP contribution is -2.22. The summed E-state index contributed by atoms with van der Waals surface area (Å²) in [4.78, 5) is 12.3. The van der Waals surface area contributed by atoms with Gasteiger partial charge in [0, 0.05) is 12.5 Å². The third-order valence-electron chi connectivity index (χ3n) is 3.24. The Morgan fingerprint density at radius 3 is 2.41 bits per heavy atom. The quantitative estimate of drug-likeness (QED) is 0.815. The second-order valence-electron chi connectivity index (χ2n) is 4.54. The van der Waals surface area contributed by atoms with E-state index < -0.39 is 0 Å². The summed E-state index contributed by atoms with van der Waals surface area (Å²) in [5.41, 5.74) is 9.34. The molecule has 0 aromatic heterocycles. The van der Waals surface area contributed by atoms with Crippen LogP contribution < -0.4 is 10.5 Å². The van der Waals surface area contributed by atoms with Gasteiger partial charge >= 0.3 is 0 Å². The van der Waals surface area contributed by atoms with Crippen molar-refractivity contribution in [1.29, 1.82) is 0 Å². The Morgan fingerprint density at radius 2 is 1.94 bits per heavy atom. The Kier molecular flexibility index (Phi) is 4.29. The van der Waals surface area contributed by atoms with Crippen LogP contribution in [-0.4, -0.2) is 19.4 Å². The van der Waals surface area contributed by atoms with Crippen LogP contribution in [0, 0.1) is 26.7 Å². The van der Waals surface area contributed by atoms with Crippen LogP contribution in [0.25, 0.3) is 0 Å². The molecule has 1 rings (SSSR count). The molecule has 3 heteroatoms. The number of nitrogens with two attached hydrogens (primary N) is 1. The summed E-state index contributed by atoms with van der Waals surface area (Å²) in [5, 5.41) is 0. The van der Waals surface area contributed by atoms with E-state index in [4.69, 9.17) is 10.5 Å². The Labute approximate surface area is 103 Å². The van der Waals surface area contributed by atoms with Gasteiger partial charge < -0.3 is 10.5 Å². The zero-order valence-corrected chi connectivity index (χ0v) is 11.3. The van der Waals surface area contributed by atoms with E-state index in [0.29, 0.717) is 17.9 Å². The first-order valence-corrected chi connectivity index (χ1v) is 5.83. The number of ketones is 1. The number of aryl methyl sites for hydroxylation is 2. The van der Waals surface area contributed by atoms with E-state index in [9.17, 15) is 4.79 Å². The molecule has 2 N–H and O–H groups in total. The molecule has 0 heterocycles. The van der Waals surface area contributed by atoms with Gasteiger partial charge in [0.25, 0.3) is 0 Å². The van der Waals surface area contributed by atoms with Crippen LogP contribution in [0.4, 0.5) is 0 Å². The molecule has 0 saturated heterocycles. The molecule has 0 amide bonds. The highest BCUT2D eigenvalue weighted by molar-refractivity contribution is 6.02. The van der Waals surface area contributed by atoms with Crippen molar-refractivity contribution in [3.8, 4) is 5.75 Å². The molecule has 1 aromatic carbocycles. The summed E-state index contributed by atoms with van der Waals surface area (Å²) in [6, 6.07) is 2.02. The largest absolute Gasteiger partial charge is 0.496 e. The van der Waals surface area contributed by atoms with Crippen LogP contribution in [0.2, 0.25) is 0 Å². The van der Waals surface area contributed by atoms with E-state index in [0.717, 1.165) is 16.7 Å². The van der Waals surface area contributed by atoms with Crippen molar-refractivity contribution >= 4 is 5.78 Å². The van der Waals surface area contributed by atoms with E-state index in [1.807, 2.05) is 33.8 Å². The van der Waals surface area contributed by atoms with Crippen molar-refractivity contribution in [1.82, 2.24) is 0 Å². The lowest BCUT2D eigenvalue weighted by Gasteiger charge is -2.17. The maximum absolute atomic E-state index is 12.3. The average molecular weight is 235 g/mol. The minimum Gasteiger partial charge on any atom is -0.496 e. The van der Waals surface area contributed by atoms with Gasteiger partial charge in [-0.1, -0.05) is 13.0 Å². The minimum atomic E-state index is -0.176. The predicted octanol–water partition coefficient (Wildman–Crippen LogP) is 2.40. The van der Waals surface area contributed by atoms with Gasteiger partial charge in [-0.25, -0.2) is 0 Å². The fraction of sp³-hybridized carbons (Fsp3) is 0.500. The number of methoxy groups -OCH3 is 1. The molecule has 0 saturated carbocycles. The van der Waals surface area contributed by atoms with Crippen LogP contribution in [0.3, 0.4) is 0 Å². The van der Waals surface area contributed by atoms with E-state index in [1.165, 1.54) is 0 Å². The summed E-state index contributed by atoms with van der Waals surface area (Å²) >= 11 is 0. The van der Waals surface area contributed by atoms with Crippen molar-refractivity contribution < 1.29 is 9.53 Å². The first-order valence-electron chi connectivity index (χ1n) is 5.83. The first kappa shape index (κ1) is 13.7. The first-order chi connectivity index (χ1) is 7.93.